The predicted molar refractivity (Wildman–Crippen MR) is 106 cm³/mol. The van der Waals surface area contributed by atoms with Gasteiger partial charge in [-0.15, -0.1) is 0 Å². The zero-order chi connectivity index (χ0) is 20.0. The first-order chi connectivity index (χ1) is 14.1. The van der Waals surface area contributed by atoms with E-state index in [0.29, 0.717) is 22.9 Å². The van der Waals surface area contributed by atoms with Crippen molar-refractivity contribution in [2.45, 2.75) is 37.8 Å². The summed E-state index contributed by atoms with van der Waals surface area (Å²) < 4.78 is 7.20. The Hall–Kier alpha value is -3.14. The number of aromatic amines is 2. The normalized spacial score (nSPS) is 19.3. The first-order valence-corrected chi connectivity index (χ1v) is 9.84. The molecule has 152 valence electrons. The maximum Gasteiger partial charge on any atom is 0.326 e. The lowest BCUT2D eigenvalue weighted by Gasteiger charge is -2.32. The Kier molecular flexibility index (Phi) is 4.35. The molecule has 0 bridgehead atoms. The molecular formula is C19H23N7O3. The van der Waals surface area contributed by atoms with Crippen molar-refractivity contribution in [1.29, 1.82) is 0 Å². The van der Waals surface area contributed by atoms with E-state index in [4.69, 9.17) is 14.7 Å². The number of rotatable bonds is 4. The van der Waals surface area contributed by atoms with Gasteiger partial charge in [-0.1, -0.05) is 0 Å². The van der Waals surface area contributed by atoms with E-state index >= 15 is 0 Å². The van der Waals surface area contributed by atoms with Crippen LogP contribution >= 0.6 is 0 Å². The summed E-state index contributed by atoms with van der Waals surface area (Å²) in [6.45, 7) is 1.50. The Morgan fingerprint density at radius 1 is 1.31 bits per heavy atom. The fourth-order valence-electron chi connectivity index (χ4n) is 3.62. The molecule has 1 aliphatic heterocycles. The van der Waals surface area contributed by atoms with Gasteiger partial charge in [0, 0.05) is 37.6 Å². The van der Waals surface area contributed by atoms with Crippen LogP contribution in [0.3, 0.4) is 0 Å². The van der Waals surface area contributed by atoms with E-state index in [1.165, 1.54) is 0 Å². The van der Waals surface area contributed by atoms with E-state index < -0.39 is 5.69 Å². The van der Waals surface area contributed by atoms with Crippen LogP contribution in [-0.4, -0.2) is 62.0 Å². The average Bonchev–Trinajstić information content (AvgIpc) is 3.36. The summed E-state index contributed by atoms with van der Waals surface area (Å²) in [6, 6.07) is 2.67. The largest absolute Gasteiger partial charge is 0.493 e. The average molecular weight is 397 g/mol. The summed E-state index contributed by atoms with van der Waals surface area (Å²) in [4.78, 5) is 28.2. The van der Waals surface area contributed by atoms with Crippen molar-refractivity contribution in [3.8, 4) is 5.88 Å². The van der Waals surface area contributed by atoms with E-state index in [2.05, 4.69) is 20.0 Å². The standard InChI is InChI=1S/C19H23N7O3/c1-25(13-4-6-29-7-5-13)15-9-16(21-12-2-3-12)26-17(23-15)11(10-20-26)8-14-18(27)24-19(28)22-14/h8-10,12-13,27H,2-7H2,1H3,(H2,22,24,28)/b11-8-,21-16?. The van der Waals surface area contributed by atoms with Crippen LogP contribution in [0.15, 0.2) is 22.1 Å². The van der Waals surface area contributed by atoms with Crippen molar-refractivity contribution in [2.24, 2.45) is 4.99 Å². The molecule has 2 aliphatic rings. The molecule has 1 saturated carbocycles. The minimum atomic E-state index is -0.470. The van der Waals surface area contributed by atoms with Crippen molar-refractivity contribution in [3.63, 3.8) is 0 Å². The number of aromatic hydroxyl groups is 1. The van der Waals surface area contributed by atoms with Gasteiger partial charge in [0.25, 0.3) is 0 Å². The van der Waals surface area contributed by atoms with Gasteiger partial charge in [-0.2, -0.15) is 9.61 Å². The Morgan fingerprint density at radius 2 is 2.10 bits per heavy atom. The number of aromatic nitrogens is 5. The number of anilines is 1. The molecular weight excluding hydrogens is 374 g/mol. The molecule has 0 radical (unpaired) electrons. The van der Waals surface area contributed by atoms with Gasteiger partial charge in [-0.3, -0.25) is 9.98 Å². The highest BCUT2D eigenvalue weighted by Crippen LogP contribution is 2.23. The summed E-state index contributed by atoms with van der Waals surface area (Å²) in [6.07, 6.45) is 7.41. The van der Waals surface area contributed by atoms with E-state index in [0.717, 1.165) is 50.2 Å². The van der Waals surface area contributed by atoms with Crippen LogP contribution in [0.4, 0.5) is 5.82 Å². The maximum absolute atomic E-state index is 11.4. The number of imidazole rings is 1. The number of nitrogens with zero attached hydrogens (tertiary/aromatic N) is 5. The fraction of sp³-hybridized carbons (Fsp3) is 0.474. The Balaban J connectivity index is 1.66. The predicted octanol–water partition coefficient (Wildman–Crippen LogP) is -0.323. The summed E-state index contributed by atoms with van der Waals surface area (Å²) in [7, 11) is 2.05. The molecule has 3 aromatic heterocycles. The molecule has 10 nitrogen and oxygen atoms in total. The van der Waals surface area contributed by atoms with Crippen LogP contribution in [0, 0.1) is 0 Å². The molecule has 10 heteroatoms. The third-order valence-electron chi connectivity index (χ3n) is 5.46. The number of nitrogens with one attached hydrogen (secondary N) is 2. The number of hydrogen-bond acceptors (Lipinski definition) is 7. The smallest absolute Gasteiger partial charge is 0.326 e. The van der Waals surface area contributed by atoms with Crippen molar-refractivity contribution in [2.75, 3.05) is 25.2 Å². The highest BCUT2D eigenvalue weighted by Gasteiger charge is 2.23. The van der Waals surface area contributed by atoms with Gasteiger partial charge < -0.3 is 19.7 Å². The highest BCUT2D eigenvalue weighted by atomic mass is 16.5. The Labute approximate surface area is 165 Å². The van der Waals surface area contributed by atoms with Crippen molar-refractivity contribution in [1.82, 2.24) is 24.6 Å². The zero-order valence-corrected chi connectivity index (χ0v) is 16.1. The lowest BCUT2D eigenvalue weighted by Crippen LogP contribution is -2.38. The molecule has 3 N–H and O–H groups in total. The first kappa shape index (κ1) is 17.9. The molecule has 0 unspecified atom stereocenters. The van der Waals surface area contributed by atoms with E-state index in [1.807, 2.05) is 13.1 Å². The molecule has 5 rings (SSSR count). The van der Waals surface area contributed by atoms with Gasteiger partial charge in [-0.05, 0) is 31.8 Å². The van der Waals surface area contributed by atoms with Gasteiger partial charge in [0.1, 0.15) is 11.5 Å². The van der Waals surface area contributed by atoms with Crippen LogP contribution in [-0.2, 0) is 4.74 Å². The monoisotopic (exact) mass is 397 g/mol. The van der Waals surface area contributed by atoms with Gasteiger partial charge in [-0.25, -0.2) is 9.78 Å². The first-order valence-electron chi connectivity index (χ1n) is 9.84. The number of fused-ring (bicyclic) bond motifs is 1. The number of H-pyrrole nitrogens is 2. The van der Waals surface area contributed by atoms with Crippen LogP contribution in [0.1, 0.15) is 31.4 Å². The fourth-order valence-corrected chi connectivity index (χ4v) is 3.62. The van der Waals surface area contributed by atoms with Gasteiger partial charge in [0.15, 0.2) is 11.1 Å². The molecule has 0 aromatic carbocycles. The Bertz CT molecular complexity index is 1210. The lowest BCUT2D eigenvalue weighted by atomic mass is 10.1. The third-order valence-corrected chi connectivity index (χ3v) is 5.46. The van der Waals surface area contributed by atoms with Gasteiger partial charge in [0.05, 0.1) is 12.2 Å². The molecule has 1 aliphatic carbocycles. The minimum Gasteiger partial charge on any atom is -0.493 e. The second-order valence-corrected chi connectivity index (χ2v) is 7.61. The van der Waals surface area contributed by atoms with Gasteiger partial charge in [0.2, 0.25) is 5.88 Å². The highest BCUT2D eigenvalue weighted by molar-refractivity contribution is 5.58. The lowest BCUT2D eigenvalue weighted by molar-refractivity contribution is 0.0853. The number of ether oxygens (including phenoxy) is 1. The molecule has 0 spiro atoms. The summed E-state index contributed by atoms with van der Waals surface area (Å²) in [5.41, 5.74) is 1.21. The van der Waals surface area contributed by atoms with Crippen LogP contribution in [0.2, 0.25) is 0 Å². The molecule has 29 heavy (non-hydrogen) atoms. The van der Waals surface area contributed by atoms with E-state index in [9.17, 15) is 9.90 Å². The summed E-state index contributed by atoms with van der Waals surface area (Å²) >= 11 is 0. The second-order valence-electron chi connectivity index (χ2n) is 7.61. The van der Waals surface area contributed by atoms with E-state index in [1.54, 1.807) is 16.8 Å². The molecule has 0 amide bonds. The quantitative estimate of drug-likeness (QED) is 0.554. The molecule has 4 heterocycles. The summed E-state index contributed by atoms with van der Waals surface area (Å²) in [5.74, 6) is 0.610. The third kappa shape index (κ3) is 3.51. The summed E-state index contributed by atoms with van der Waals surface area (Å²) in [5, 5.41) is 15.0. The zero-order valence-electron chi connectivity index (χ0n) is 16.1. The van der Waals surface area contributed by atoms with Crippen LogP contribution in [0.25, 0.3) is 11.7 Å². The second kappa shape index (κ2) is 7.03. The molecule has 2 fully saturated rings. The minimum absolute atomic E-state index is 0.215. The molecule has 1 saturated heterocycles. The van der Waals surface area contributed by atoms with Crippen molar-refractivity contribution >= 4 is 17.5 Å². The molecule has 3 aromatic rings. The SMILES string of the molecule is CN(c1cc(=NC2CC2)n2nc/c(=C/c3[nH]c(=O)[nH]c3O)c2n1)C1CCOCC1. The molecule has 0 atom stereocenters. The topological polar surface area (TPSA) is 124 Å². The maximum atomic E-state index is 11.4. The Morgan fingerprint density at radius 3 is 2.79 bits per heavy atom. The van der Waals surface area contributed by atoms with E-state index in [-0.39, 0.29) is 11.6 Å². The van der Waals surface area contributed by atoms with Crippen LogP contribution < -0.4 is 21.3 Å². The van der Waals surface area contributed by atoms with Gasteiger partial charge >= 0.3 is 5.69 Å². The van der Waals surface area contributed by atoms with Crippen molar-refractivity contribution in [3.05, 3.63) is 39.1 Å². The van der Waals surface area contributed by atoms with Crippen LogP contribution in [0.5, 0.6) is 5.88 Å². The van der Waals surface area contributed by atoms with Crippen molar-refractivity contribution < 1.29 is 9.84 Å². The number of hydrogen-bond donors (Lipinski definition) is 3.